The number of amides is 1. The van der Waals surface area contributed by atoms with Gasteiger partial charge in [0, 0.05) is 42.3 Å². The van der Waals surface area contributed by atoms with Gasteiger partial charge in [-0.05, 0) is 43.0 Å². The van der Waals surface area contributed by atoms with Crippen LogP contribution in [0.4, 0.5) is 15.9 Å². The Morgan fingerprint density at radius 1 is 1.30 bits per heavy atom. The minimum Gasteiger partial charge on any atom is -0.391 e. The molecule has 9 heteroatoms. The van der Waals surface area contributed by atoms with Crippen LogP contribution in [0, 0.1) is 5.82 Å². The van der Waals surface area contributed by atoms with E-state index < -0.39 is 11.9 Å². The molecule has 0 saturated carbocycles. The number of likely N-dealkylation sites (tertiary alicyclic amines) is 1. The van der Waals surface area contributed by atoms with Gasteiger partial charge in [-0.15, -0.1) is 0 Å². The summed E-state index contributed by atoms with van der Waals surface area (Å²) in [6.45, 7) is 4.86. The summed E-state index contributed by atoms with van der Waals surface area (Å²) in [5.41, 5.74) is 1.89. The molecular formula is C24H25ClFN5O2. The lowest BCUT2D eigenvalue weighted by molar-refractivity contribution is 0.0474. The maximum atomic E-state index is 14.4. The van der Waals surface area contributed by atoms with E-state index in [9.17, 15) is 14.3 Å². The number of nitrogens with one attached hydrogen (secondary N) is 1. The lowest BCUT2D eigenvalue weighted by Gasteiger charge is -2.30. The molecule has 0 spiro atoms. The van der Waals surface area contributed by atoms with Gasteiger partial charge >= 0.3 is 0 Å². The molecule has 1 atom stereocenters. The first kappa shape index (κ1) is 23.1. The van der Waals surface area contributed by atoms with Crippen LogP contribution in [-0.4, -0.2) is 50.1 Å². The van der Waals surface area contributed by atoms with Gasteiger partial charge in [0.15, 0.2) is 5.82 Å². The molecule has 4 rings (SSSR count). The van der Waals surface area contributed by atoms with Crippen LogP contribution in [0.1, 0.15) is 48.5 Å². The molecule has 1 aliphatic rings. The Labute approximate surface area is 196 Å². The average Bonchev–Trinajstić information content (AvgIpc) is 2.80. The highest BCUT2D eigenvalue weighted by Crippen LogP contribution is 2.31. The second kappa shape index (κ2) is 9.80. The molecule has 3 aromatic rings. The standard InChI is InChI=1S/C24H25ClFN5O2/c1-14(2)18-12-28-22(17-10-15(25)5-6-20(17)26)30-23(18)29-21-7-8-27-11-19(21)24(33)31-9-3-4-16(32)13-31/h5-8,10-12,14,16,32H,3-4,9,13H2,1-2H3,(H,27,28,29,30)/t16-/m1/s1. The van der Waals surface area contributed by atoms with Gasteiger partial charge in [0.2, 0.25) is 0 Å². The van der Waals surface area contributed by atoms with Crippen molar-refractivity contribution in [3.63, 3.8) is 0 Å². The molecule has 1 aromatic carbocycles. The molecule has 0 unspecified atom stereocenters. The molecule has 1 aliphatic heterocycles. The summed E-state index contributed by atoms with van der Waals surface area (Å²) in [7, 11) is 0. The third-order valence-electron chi connectivity index (χ3n) is 5.60. The molecule has 0 bridgehead atoms. The second-order valence-electron chi connectivity index (χ2n) is 8.37. The number of hydrogen-bond donors (Lipinski definition) is 2. The van der Waals surface area contributed by atoms with E-state index >= 15 is 0 Å². The third kappa shape index (κ3) is 5.12. The SMILES string of the molecule is CC(C)c1cnc(-c2cc(Cl)ccc2F)nc1Nc1ccncc1C(=O)N1CCC[C@@H](O)C1. The predicted octanol–water partition coefficient (Wildman–Crippen LogP) is 4.80. The Kier molecular flexibility index (Phi) is 6.85. The molecule has 3 heterocycles. The number of aliphatic hydroxyl groups excluding tert-OH is 1. The molecule has 0 aliphatic carbocycles. The summed E-state index contributed by atoms with van der Waals surface area (Å²) < 4.78 is 14.4. The van der Waals surface area contributed by atoms with Gasteiger partial charge in [-0.3, -0.25) is 9.78 Å². The lowest BCUT2D eigenvalue weighted by atomic mass is 10.0. The predicted molar refractivity (Wildman–Crippen MR) is 125 cm³/mol. The Bertz CT molecular complexity index is 1170. The van der Waals surface area contributed by atoms with E-state index in [-0.39, 0.29) is 29.8 Å². The zero-order valence-electron chi connectivity index (χ0n) is 18.4. The maximum Gasteiger partial charge on any atom is 0.257 e. The number of aromatic nitrogens is 3. The Morgan fingerprint density at radius 3 is 2.88 bits per heavy atom. The Hall–Kier alpha value is -3.10. The summed E-state index contributed by atoms with van der Waals surface area (Å²) in [6.07, 6.45) is 5.63. The summed E-state index contributed by atoms with van der Waals surface area (Å²) >= 11 is 6.05. The van der Waals surface area contributed by atoms with Gasteiger partial charge in [-0.2, -0.15) is 0 Å². The second-order valence-corrected chi connectivity index (χ2v) is 8.81. The molecule has 172 valence electrons. The topological polar surface area (TPSA) is 91.2 Å². The fourth-order valence-electron chi connectivity index (χ4n) is 3.82. The van der Waals surface area contributed by atoms with Crippen molar-refractivity contribution in [1.29, 1.82) is 0 Å². The van der Waals surface area contributed by atoms with Gasteiger partial charge in [-0.1, -0.05) is 25.4 Å². The van der Waals surface area contributed by atoms with Crippen molar-refractivity contribution in [1.82, 2.24) is 19.9 Å². The van der Waals surface area contributed by atoms with E-state index in [0.29, 0.717) is 35.1 Å². The van der Waals surface area contributed by atoms with E-state index in [1.807, 2.05) is 13.8 Å². The molecule has 1 saturated heterocycles. The average molecular weight is 470 g/mol. The van der Waals surface area contributed by atoms with Crippen molar-refractivity contribution in [2.75, 3.05) is 18.4 Å². The van der Waals surface area contributed by atoms with E-state index in [2.05, 4.69) is 20.3 Å². The smallest absolute Gasteiger partial charge is 0.257 e. The molecule has 2 aromatic heterocycles. The number of carbonyl (C=O) groups excluding carboxylic acids is 1. The van der Waals surface area contributed by atoms with Gasteiger partial charge in [0.05, 0.1) is 22.9 Å². The summed E-state index contributed by atoms with van der Waals surface area (Å²) in [6, 6.07) is 5.92. The first-order chi connectivity index (χ1) is 15.8. The van der Waals surface area contributed by atoms with Gasteiger partial charge in [0.1, 0.15) is 11.6 Å². The Morgan fingerprint density at radius 2 is 2.12 bits per heavy atom. The number of nitrogens with zero attached hydrogens (tertiary/aromatic N) is 4. The fourth-order valence-corrected chi connectivity index (χ4v) is 4.00. The van der Waals surface area contributed by atoms with Crippen LogP contribution in [0.25, 0.3) is 11.4 Å². The summed E-state index contributed by atoms with van der Waals surface area (Å²) in [5.74, 6) is 0.0250. The molecule has 1 amide bonds. The van der Waals surface area contributed by atoms with Crippen LogP contribution in [0.2, 0.25) is 5.02 Å². The summed E-state index contributed by atoms with van der Waals surface area (Å²) in [4.78, 5) is 27.9. The minimum atomic E-state index is -0.527. The molecule has 33 heavy (non-hydrogen) atoms. The zero-order valence-corrected chi connectivity index (χ0v) is 19.2. The Balaban J connectivity index is 1.72. The highest BCUT2D eigenvalue weighted by molar-refractivity contribution is 6.30. The molecule has 1 fully saturated rings. The summed E-state index contributed by atoms with van der Waals surface area (Å²) in [5, 5.41) is 13.6. The maximum absolute atomic E-state index is 14.4. The first-order valence-electron chi connectivity index (χ1n) is 10.8. The van der Waals surface area contributed by atoms with Gasteiger partial charge in [0.25, 0.3) is 5.91 Å². The highest BCUT2D eigenvalue weighted by atomic mass is 35.5. The van der Waals surface area contributed by atoms with Crippen LogP contribution >= 0.6 is 11.6 Å². The number of rotatable bonds is 5. The van der Waals surface area contributed by atoms with Crippen LogP contribution < -0.4 is 5.32 Å². The third-order valence-corrected chi connectivity index (χ3v) is 5.83. The van der Waals surface area contributed by atoms with Crippen molar-refractivity contribution >= 4 is 29.0 Å². The minimum absolute atomic E-state index is 0.0731. The van der Waals surface area contributed by atoms with Crippen LogP contribution in [-0.2, 0) is 0 Å². The lowest BCUT2D eigenvalue weighted by Crippen LogP contribution is -2.42. The molecule has 0 radical (unpaired) electrons. The normalized spacial score (nSPS) is 16.2. The monoisotopic (exact) mass is 469 g/mol. The van der Waals surface area contributed by atoms with Crippen molar-refractivity contribution < 1.29 is 14.3 Å². The van der Waals surface area contributed by atoms with Crippen molar-refractivity contribution in [2.45, 2.75) is 38.7 Å². The first-order valence-corrected chi connectivity index (χ1v) is 11.2. The highest BCUT2D eigenvalue weighted by Gasteiger charge is 2.25. The van der Waals surface area contributed by atoms with Gasteiger partial charge in [-0.25, -0.2) is 14.4 Å². The van der Waals surface area contributed by atoms with Crippen molar-refractivity contribution in [3.8, 4) is 11.4 Å². The van der Waals surface area contributed by atoms with Crippen LogP contribution in [0.3, 0.4) is 0 Å². The number of pyridine rings is 1. The number of halogens is 2. The molecular weight excluding hydrogens is 445 g/mol. The number of benzene rings is 1. The van der Waals surface area contributed by atoms with Crippen LogP contribution in [0.5, 0.6) is 0 Å². The molecule has 2 N–H and O–H groups in total. The van der Waals surface area contributed by atoms with Crippen molar-refractivity contribution in [2.24, 2.45) is 0 Å². The van der Waals surface area contributed by atoms with E-state index in [4.69, 9.17) is 11.6 Å². The number of carbonyl (C=O) groups is 1. The number of aliphatic hydroxyl groups is 1. The van der Waals surface area contributed by atoms with E-state index in [0.717, 1.165) is 12.0 Å². The number of anilines is 2. The fraction of sp³-hybridized carbons (Fsp3) is 0.333. The van der Waals surface area contributed by atoms with E-state index in [1.54, 1.807) is 23.4 Å². The number of β-amino-alcohol motifs (C(OH)–C–C–N with tert-alkyl or cyclic N) is 1. The zero-order chi connectivity index (χ0) is 23.5. The van der Waals surface area contributed by atoms with E-state index in [1.165, 1.54) is 24.4 Å². The quantitative estimate of drug-likeness (QED) is 0.558. The van der Waals surface area contributed by atoms with Crippen molar-refractivity contribution in [3.05, 3.63) is 64.8 Å². The molecule has 7 nitrogen and oxygen atoms in total. The van der Waals surface area contributed by atoms with Gasteiger partial charge < -0.3 is 15.3 Å². The number of hydrogen-bond acceptors (Lipinski definition) is 6. The largest absolute Gasteiger partial charge is 0.391 e. The van der Waals surface area contributed by atoms with Crippen LogP contribution in [0.15, 0.2) is 42.9 Å². The number of piperidine rings is 1.